The summed E-state index contributed by atoms with van der Waals surface area (Å²) in [6.07, 6.45) is 5.06. The Labute approximate surface area is 210 Å². The number of carbonyl (C=O) groups excluding carboxylic acids is 2. The normalized spacial score (nSPS) is 13.1. The van der Waals surface area contributed by atoms with Crippen molar-refractivity contribution in [3.8, 4) is 6.07 Å². The fraction of sp³-hybridized carbons (Fsp3) is 0.240. The summed E-state index contributed by atoms with van der Waals surface area (Å²) in [5, 5.41) is 14.0. The van der Waals surface area contributed by atoms with Gasteiger partial charge in [-0.15, -0.1) is 11.3 Å². The number of nitriles is 1. The van der Waals surface area contributed by atoms with Gasteiger partial charge >= 0.3 is 5.97 Å². The number of aryl methyl sites for hydroxylation is 1. The van der Waals surface area contributed by atoms with Crippen molar-refractivity contribution in [2.24, 2.45) is 0 Å². The second-order valence-electron chi connectivity index (χ2n) is 7.47. The zero-order valence-electron chi connectivity index (χ0n) is 18.4. The lowest BCUT2D eigenvalue weighted by Gasteiger charge is -2.12. The lowest BCUT2D eigenvalue weighted by atomic mass is 9.95. The summed E-state index contributed by atoms with van der Waals surface area (Å²) < 4.78 is 11.0. The van der Waals surface area contributed by atoms with Crippen LogP contribution in [0.4, 0.5) is 5.00 Å². The van der Waals surface area contributed by atoms with Gasteiger partial charge in [0.1, 0.15) is 22.4 Å². The third-order valence-corrected chi connectivity index (χ3v) is 7.55. The number of halogens is 1. The molecule has 4 rings (SSSR count). The molecule has 0 saturated carbocycles. The van der Waals surface area contributed by atoms with Gasteiger partial charge in [0.15, 0.2) is 5.09 Å². The maximum absolute atomic E-state index is 12.9. The number of furan rings is 1. The molecule has 3 aromatic rings. The molecular weight excluding hydrogens is 492 g/mol. The first-order valence-corrected chi connectivity index (χ1v) is 12.8. The lowest BCUT2D eigenvalue weighted by molar-refractivity contribution is -0.112. The van der Waals surface area contributed by atoms with Crippen LogP contribution in [0.1, 0.15) is 46.3 Å². The second-order valence-corrected chi connectivity index (χ2v) is 10.1. The summed E-state index contributed by atoms with van der Waals surface area (Å²) >= 11 is 8.70. The Morgan fingerprint density at radius 3 is 2.74 bits per heavy atom. The number of esters is 1. The van der Waals surface area contributed by atoms with Gasteiger partial charge in [-0.2, -0.15) is 5.26 Å². The lowest BCUT2D eigenvalue weighted by Crippen LogP contribution is -2.16. The second kappa shape index (κ2) is 11.0. The van der Waals surface area contributed by atoms with Gasteiger partial charge < -0.3 is 14.5 Å². The summed E-state index contributed by atoms with van der Waals surface area (Å²) in [7, 11) is 0. The van der Waals surface area contributed by atoms with Crippen LogP contribution in [-0.2, 0) is 22.4 Å². The van der Waals surface area contributed by atoms with Crippen molar-refractivity contribution in [1.82, 2.24) is 0 Å². The summed E-state index contributed by atoms with van der Waals surface area (Å²) in [6.45, 7) is 1.99. The molecule has 1 amide bonds. The Hall–Kier alpha value is -2.99. The van der Waals surface area contributed by atoms with Crippen LogP contribution in [0.5, 0.6) is 0 Å². The molecular formula is C25H21ClN2O4S2. The Kier molecular flexibility index (Phi) is 7.78. The third-order valence-electron chi connectivity index (χ3n) is 5.16. The average molecular weight is 513 g/mol. The number of fused-ring (bicyclic) bond motifs is 1. The van der Waals surface area contributed by atoms with Gasteiger partial charge in [-0.3, -0.25) is 4.79 Å². The van der Waals surface area contributed by atoms with E-state index in [9.17, 15) is 14.9 Å². The van der Waals surface area contributed by atoms with Crippen LogP contribution in [0.25, 0.3) is 6.08 Å². The summed E-state index contributed by atoms with van der Waals surface area (Å²) in [6, 6.07) is 12.7. The molecule has 9 heteroatoms. The highest BCUT2D eigenvalue weighted by atomic mass is 35.5. The van der Waals surface area contributed by atoms with Crippen LogP contribution in [0.3, 0.4) is 0 Å². The van der Waals surface area contributed by atoms with E-state index >= 15 is 0 Å². The van der Waals surface area contributed by atoms with Crippen molar-refractivity contribution in [3.63, 3.8) is 0 Å². The SMILES string of the molecule is CCOC(=O)c1c(NC(=O)/C(C#N)=C/c2ccc(Sc3ccc(Cl)cc3)o2)sc2c1CCCC2. The molecule has 0 aliphatic heterocycles. The van der Waals surface area contributed by atoms with Gasteiger partial charge in [-0.25, -0.2) is 4.79 Å². The van der Waals surface area contributed by atoms with Gasteiger partial charge in [0.2, 0.25) is 0 Å². The maximum atomic E-state index is 12.9. The van der Waals surface area contributed by atoms with E-state index in [-0.39, 0.29) is 12.2 Å². The molecule has 0 spiro atoms. The molecule has 34 heavy (non-hydrogen) atoms. The number of benzene rings is 1. The van der Waals surface area contributed by atoms with E-state index in [0.29, 0.717) is 26.4 Å². The van der Waals surface area contributed by atoms with Crippen molar-refractivity contribution >= 4 is 57.7 Å². The fourth-order valence-corrected chi connectivity index (χ4v) is 5.80. The number of hydrogen-bond donors (Lipinski definition) is 1. The Balaban J connectivity index is 1.53. The number of hydrogen-bond acceptors (Lipinski definition) is 7. The zero-order chi connectivity index (χ0) is 24.1. The van der Waals surface area contributed by atoms with Gasteiger partial charge in [0, 0.05) is 20.9 Å². The number of amides is 1. The van der Waals surface area contributed by atoms with Crippen LogP contribution < -0.4 is 5.32 Å². The van der Waals surface area contributed by atoms with Gasteiger partial charge in [0.05, 0.1) is 12.2 Å². The number of carbonyl (C=O) groups is 2. The van der Waals surface area contributed by atoms with E-state index in [0.717, 1.165) is 41.0 Å². The van der Waals surface area contributed by atoms with E-state index < -0.39 is 11.9 Å². The van der Waals surface area contributed by atoms with Gasteiger partial charge in [0.25, 0.3) is 5.91 Å². The first kappa shape index (κ1) is 24.1. The number of thiophene rings is 1. The van der Waals surface area contributed by atoms with E-state index in [2.05, 4.69) is 5.32 Å². The first-order chi connectivity index (χ1) is 16.5. The van der Waals surface area contributed by atoms with E-state index in [1.807, 2.05) is 18.2 Å². The van der Waals surface area contributed by atoms with E-state index in [1.165, 1.54) is 29.2 Å². The third kappa shape index (κ3) is 5.55. The number of rotatable bonds is 7. The Morgan fingerprint density at radius 1 is 1.24 bits per heavy atom. The highest BCUT2D eigenvalue weighted by molar-refractivity contribution is 7.99. The van der Waals surface area contributed by atoms with Crippen LogP contribution in [-0.4, -0.2) is 18.5 Å². The van der Waals surface area contributed by atoms with Gasteiger partial charge in [-0.1, -0.05) is 23.4 Å². The topological polar surface area (TPSA) is 92.3 Å². The molecule has 0 bridgehead atoms. The predicted molar refractivity (Wildman–Crippen MR) is 133 cm³/mol. The van der Waals surface area contributed by atoms with Crippen LogP contribution in [0, 0.1) is 11.3 Å². The van der Waals surface area contributed by atoms with Crippen molar-refractivity contribution in [2.75, 3.05) is 11.9 Å². The Morgan fingerprint density at radius 2 is 2.00 bits per heavy atom. The molecule has 0 radical (unpaired) electrons. The number of ether oxygens (including phenoxy) is 1. The zero-order valence-corrected chi connectivity index (χ0v) is 20.7. The molecule has 1 aliphatic rings. The molecule has 174 valence electrons. The molecule has 0 saturated heterocycles. The first-order valence-electron chi connectivity index (χ1n) is 10.8. The van der Waals surface area contributed by atoms with Crippen molar-refractivity contribution in [3.05, 3.63) is 68.8 Å². The Bertz CT molecular complexity index is 1290. The molecule has 0 atom stereocenters. The van der Waals surface area contributed by atoms with Crippen LogP contribution in [0.2, 0.25) is 5.02 Å². The van der Waals surface area contributed by atoms with Gasteiger partial charge in [-0.05, 0) is 74.6 Å². The standard InChI is InChI=1S/C25H21ClN2O4S2/c1-2-31-25(30)22-19-5-3-4-6-20(19)34-24(22)28-23(29)15(14-27)13-17-9-12-21(32-17)33-18-10-7-16(26)8-11-18/h7-13H,2-6H2,1H3,(H,28,29)/b15-13+. The molecule has 0 fully saturated rings. The molecule has 1 aromatic carbocycles. The maximum Gasteiger partial charge on any atom is 0.341 e. The summed E-state index contributed by atoms with van der Waals surface area (Å²) in [5.41, 5.74) is 1.23. The molecule has 2 aromatic heterocycles. The molecule has 0 unspecified atom stereocenters. The molecule has 2 heterocycles. The molecule has 6 nitrogen and oxygen atoms in total. The summed E-state index contributed by atoms with van der Waals surface area (Å²) in [4.78, 5) is 27.6. The summed E-state index contributed by atoms with van der Waals surface area (Å²) in [5.74, 6) is -0.677. The molecule has 1 N–H and O–H groups in total. The number of anilines is 1. The van der Waals surface area contributed by atoms with E-state index in [4.69, 9.17) is 20.8 Å². The minimum Gasteiger partial charge on any atom is -0.462 e. The van der Waals surface area contributed by atoms with Crippen LogP contribution in [0.15, 0.2) is 56.4 Å². The minimum atomic E-state index is -0.602. The number of nitrogens with one attached hydrogen (secondary N) is 1. The predicted octanol–water partition coefficient (Wildman–Crippen LogP) is 6.75. The van der Waals surface area contributed by atoms with Crippen molar-refractivity contribution in [1.29, 1.82) is 5.26 Å². The van der Waals surface area contributed by atoms with Crippen LogP contribution >= 0.6 is 34.7 Å². The monoisotopic (exact) mass is 512 g/mol. The smallest absolute Gasteiger partial charge is 0.341 e. The minimum absolute atomic E-state index is 0.126. The van der Waals surface area contributed by atoms with Crippen molar-refractivity contribution in [2.45, 2.75) is 42.6 Å². The highest BCUT2D eigenvalue weighted by Gasteiger charge is 2.27. The highest BCUT2D eigenvalue weighted by Crippen LogP contribution is 2.39. The quantitative estimate of drug-likeness (QED) is 0.214. The van der Waals surface area contributed by atoms with Crippen molar-refractivity contribution < 1.29 is 18.7 Å². The fourth-order valence-electron chi connectivity index (χ4n) is 3.62. The molecule has 1 aliphatic carbocycles. The van der Waals surface area contributed by atoms with E-state index in [1.54, 1.807) is 31.2 Å². The largest absolute Gasteiger partial charge is 0.462 e. The average Bonchev–Trinajstić information content (AvgIpc) is 3.42. The number of nitrogens with zero attached hydrogens (tertiary/aromatic N) is 1.